The van der Waals surface area contributed by atoms with Gasteiger partial charge in [0.05, 0.1) is 22.5 Å². The molecule has 1 fully saturated rings. The van der Waals surface area contributed by atoms with E-state index in [1.807, 2.05) is 0 Å². The van der Waals surface area contributed by atoms with Crippen molar-refractivity contribution in [3.05, 3.63) is 28.8 Å². The number of aliphatic carboxylic acids is 1. The van der Waals surface area contributed by atoms with E-state index in [4.69, 9.17) is 16.7 Å². The molecule has 0 radical (unpaired) electrons. The first-order valence-electron chi connectivity index (χ1n) is 6.07. The summed E-state index contributed by atoms with van der Waals surface area (Å²) in [6, 6.07) is 1.72. The molecule has 1 N–H and O–H groups in total. The summed E-state index contributed by atoms with van der Waals surface area (Å²) in [5.41, 5.74) is -1.09. The minimum absolute atomic E-state index is 0.00829. The summed E-state index contributed by atoms with van der Waals surface area (Å²) < 4.78 is 28.6. The van der Waals surface area contributed by atoms with Gasteiger partial charge < -0.3 is 5.11 Å². The number of nitrogens with zero attached hydrogens (tertiary/aromatic N) is 4. The number of carboxylic acid groups (broad SMARTS) is 1. The highest BCUT2D eigenvalue weighted by Crippen LogP contribution is 2.47. The Kier molecular flexibility index (Phi) is 3.12. The molecule has 0 aliphatic heterocycles. The molecule has 2 aromatic rings. The lowest BCUT2D eigenvalue weighted by atomic mass is 10.1. The maximum Gasteiger partial charge on any atom is 0.311 e. The summed E-state index contributed by atoms with van der Waals surface area (Å²) in [7, 11) is 0. The Morgan fingerprint density at radius 2 is 2.10 bits per heavy atom. The van der Waals surface area contributed by atoms with Crippen molar-refractivity contribution in [2.24, 2.45) is 5.41 Å². The molecule has 0 amide bonds. The first kappa shape index (κ1) is 13.9. The van der Waals surface area contributed by atoms with E-state index in [2.05, 4.69) is 15.5 Å². The van der Waals surface area contributed by atoms with Crippen molar-refractivity contribution in [1.29, 1.82) is 0 Å². The molecule has 6 nitrogen and oxygen atoms in total. The molecule has 0 atom stereocenters. The zero-order valence-corrected chi connectivity index (χ0v) is 11.3. The van der Waals surface area contributed by atoms with Crippen molar-refractivity contribution in [2.45, 2.75) is 19.4 Å². The maximum absolute atomic E-state index is 13.9. The Morgan fingerprint density at radius 3 is 2.71 bits per heavy atom. The molecule has 1 aliphatic carbocycles. The second kappa shape index (κ2) is 4.73. The molecule has 21 heavy (non-hydrogen) atoms. The smallest absolute Gasteiger partial charge is 0.311 e. The molecule has 1 aromatic carbocycles. The lowest BCUT2D eigenvalue weighted by Crippen LogP contribution is -2.22. The molecule has 0 unspecified atom stereocenters. The fourth-order valence-electron chi connectivity index (χ4n) is 2.08. The van der Waals surface area contributed by atoms with E-state index in [1.54, 1.807) is 0 Å². The third-order valence-corrected chi connectivity index (χ3v) is 3.83. The van der Waals surface area contributed by atoms with Crippen LogP contribution < -0.4 is 0 Å². The largest absolute Gasteiger partial charge is 0.481 e. The monoisotopic (exact) mass is 314 g/mol. The van der Waals surface area contributed by atoms with Crippen LogP contribution in [0, 0.1) is 17.0 Å². The molecule has 9 heteroatoms. The van der Waals surface area contributed by atoms with Crippen molar-refractivity contribution >= 4 is 17.6 Å². The molecule has 1 heterocycles. The minimum Gasteiger partial charge on any atom is -0.481 e. The topological polar surface area (TPSA) is 80.9 Å². The van der Waals surface area contributed by atoms with Gasteiger partial charge in [-0.3, -0.25) is 4.79 Å². The summed E-state index contributed by atoms with van der Waals surface area (Å²) in [6.45, 7) is 0.00829. The minimum atomic E-state index is -0.952. The van der Waals surface area contributed by atoms with E-state index >= 15 is 0 Å². The van der Waals surface area contributed by atoms with Gasteiger partial charge in [0, 0.05) is 0 Å². The molecule has 0 saturated heterocycles. The van der Waals surface area contributed by atoms with E-state index in [0.717, 1.165) is 12.1 Å². The predicted molar refractivity (Wildman–Crippen MR) is 67.5 cm³/mol. The number of carbonyl (C=O) groups is 1. The standard InChI is InChI=1S/C12H9ClF2N4O2/c13-7-4-8(14)6(3-9(7)15)10-16-17-18-19(10)5-12(1-2-12)11(20)21/h3-4H,1-2,5H2,(H,20,21). The van der Waals surface area contributed by atoms with Gasteiger partial charge in [0.15, 0.2) is 5.82 Å². The zero-order chi connectivity index (χ0) is 15.2. The van der Waals surface area contributed by atoms with Gasteiger partial charge in [-0.2, -0.15) is 0 Å². The molecule has 1 aromatic heterocycles. The van der Waals surface area contributed by atoms with Crippen LogP contribution in [-0.2, 0) is 11.3 Å². The normalized spacial score (nSPS) is 16.0. The van der Waals surface area contributed by atoms with Crippen molar-refractivity contribution in [1.82, 2.24) is 20.2 Å². The molecule has 3 rings (SSSR count). The Bertz CT molecular complexity index is 730. The van der Waals surface area contributed by atoms with Crippen molar-refractivity contribution < 1.29 is 18.7 Å². The fraction of sp³-hybridized carbons (Fsp3) is 0.333. The Morgan fingerprint density at radius 1 is 1.38 bits per heavy atom. The van der Waals surface area contributed by atoms with Gasteiger partial charge in [0.2, 0.25) is 0 Å². The number of rotatable bonds is 4. The number of tetrazole rings is 1. The summed E-state index contributed by atoms with van der Waals surface area (Å²) in [5.74, 6) is -2.57. The number of benzene rings is 1. The second-order valence-corrected chi connectivity index (χ2v) is 5.40. The van der Waals surface area contributed by atoms with Crippen LogP contribution in [0.4, 0.5) is 8.78 Å². The van der Waals surface area contributed by atoms with Gasteiger partial charge in [-0.1, -0.05) is 11.6 Å². The van der Waals surface area contributed by atoms with E-state index < -0.39 is 23.0 Å². The van der Waals surface area contributed by atoms with Gasteiger partial charge in [-0.05, 0) is 35.4 Å². The van der Waals surface area contributed by atoms with Crippen LogP contribution in [0.5, 0.6) is 0 Å². The highest BCUT2D eigenvalue weighted by molar-refractivity contribution is 6.30. The number of hydrogen-bond acceptors (Lipinski definition) is 4. The first-order valence-corrected chi connectivity index (χ1v) is 6.45. The molecule has 0 spiro atoms. The SMILES string of the molecule is O=C(O)C1(Cn2nnnc2-c2cc(F)c(Cl)cc2F)CC1. The third-order valence-electron chi connectivity index (χ3n) is 3.54. The number of hydrogen-bond donors (Lipinski definition) is 1. The summed E-state index contributed by atoms with van der Waals surface area (Å²) >= 11 is 5.49. The van der Waals surface area contributed by atoms with Gasteiger partial charge in [-0.15, -0.1) is 5.10 Å². The van der Waals surface area contributed by atoms with Crippen LogP contribution in [0.3, 0.4) is 0 Å². The Hall–Kier alpha value is -2.09. The first-order chi connectivity index (χ1) is 9.93. The molecular formula is C12H9ClF2N4O2. The average Bonchev–Trinajstić information content (AvgIpc) is 3.06. The van der Waals surface area contributed by atoms with Crippen LogP contribution in [0.1, 0.15) is 12.8 Å². The highest BCUT2D eigenvalue weighted by Gasteiger charge is 2.51. The van der Waals surface area contributed by atoms with Crippen LogP contribution in [0.15, 0.2) is 12.1 Å². The van der Waals surface area contributed by atoms with E-state index in [-0.39, 0.29) is 23.0 Å². The molecule has 1 aliphatic rings. The van der Waals surface area contributed by atoms with Gasteiger partial charge in [0.1, 0.15) is 11.6 Å². The summed E-state index contributed by atoms with van der Waals surface area (Å²) in [4.78, 5) is 11.2. The van der Waals surface area contributed by atoms with Crippen molar-refractivity contribution in [3.63, 3.8) is 0 Å². The Balaban J connectivity index is 2.00. The van der Waals surface area contributed by atoms with Gasteiger partial charge in [-0.25, -0.2) is 13.5 Å². The quantitative estimate of drug-likeness (QED) is 0.874. The van der Waals surface area contributed by atoms with Crippen LogP contribution in [0.25, 0.3) is 11.4 Å². The van der Waals surface area contributed by atoms with Crippen molar-refractivity contribution in [2.75, 3.05) is 0 Å². The lowest BCUT2D eigenvalue weighted by molar-refractivity contribution is -0.144. The summed E-state index contributed by atoms with van der Waals surface area (Å²) in [6.07, 6.45) is 0.998. The molecule has 1 saturated carbocycles. The van der Waals surface area contributed by atoms with E-state index in [9.17, 15) is 13.6 Å². The maximum atomic E-state index is 13.9. The number of halogens is 3. The van der Waals surface area contributed by atoms with Gasteiger partial charge in [0.25, 0.3) is 0 Å². The van der Waals surface area contributed by atoms with Crippen LogP contribution in [-0.4, -0.2) is 31.3 Å². The summed E-state index contributed by atoms with van der Waals surface area (Å²) in [5, 5.41) is 19.5. The third kappa shape index (κ3) is 2.35. The zero-order valence-electron chi connectivity index (χ0n) is 10.6. The Labute approximate surface area is 122 Å². The number of aromatic nitrogens is 4. The molecule has 110 valence electrons. The lowest BCUT2D eigenvalue weighted by Gasteiger charge is -2.11. The van der Waals surface area contributed by atoms with Crippen LogP contribution in [0.2, 0.25) is 5.02 Å². The van der Waals surface area contributed by atoms with Crippen molar-refractivity contribution in [3.8, 4) is 11.4 Å². The second-order valence-electron chi connectivity index (χ2n) is 4.99. The fourth-order valence-corrected chi connectivity index (χ4v) is 2.23. The molecular weight excluding hydrogens is 306 g/mol. The highest BCUT2D eigenvalue weighted by atomic mass is 35.5. The van der Waals surface area contributed by atoms with Crippen LogP contribution >= 0.6 is 11.6 Å². The van der Waals surface area contributed by atoms with E-state index in [1.165, 1.54) is 4.68 Å². The van der Waals surface area contributed by atoms with E-state index in [0.29, 0.717) is 12.8 Å². The molecule has 0 bridgehead atoms. The number of carboxylic acids is 1. The average molecular weight is 315 g/mol. The van der Waals surface area contributed by atoms with Gasteiger partial charge >= 0.3 is 5.97 Å². The predicted octanol–water partition coefficient (Wildman–Crippen LogP) is 2.14.